The zero-order valence-corrected chi connectivity index (χ0v) is 11.2. The molecule has 0 aliphatic heterocycles. The summed E-state index contributed by atoms with van der Waals surface area (Å²) >= 11 is 0. The molecule has 1 heterocycles. The molecule has 0 saturated heterocycles. The van der Waals surface area contributed by atoms with Crippen molar-refractivity contribution in [2.24, 2.45) is 0 Å². The molecule has 1 aromatic carbocycles. The van der Waals surface area contributed by atoms with Crippen molar-refractivity contribution in [3.8, 4) is 0 Å². The Kier molecular flexibility index (Phi) is 4.47. The first-order chi connectivity index (χ1) is 9.61. The van der Waals surface area contributed by atoms with Gasteiger partial charge in [-0.1, -0.05) is 25.5 Å². The Bertz CT molecular complexity index is 666. The number of rotatable bonds is 5. The van der Waals surface area contributed by atoms with Gasteiger partial charge >= 0.3 is 0 Å². The molecule has 1 aromatic heterocycles. The van der Waals surface area contributed by atoms with Gasteiger partial charge in [0, 0.05) is 6.54 Å². The lowest BCUT2D eigenvalue weighted by molar-refractivity contribution is 0.0900. The fourth-order valence-electron chi connectivity index (χ4n) is 1.92. The molecule has 1 amide bonds. The summed E-state index contributed by atoms with van der Waals surface area (Å²) in [5.74, 6) is -0.541. The number of aliphatic hydroxyl groups excluding tert-OH is 1. The monoisotopic (exact) mass is 275 g/mol. The quantitative estimate of drug-likeness (QED) is 0.752. The third-order valence-electron chi connectivity index (χ3n) is 2.95. The number of carbonyl (C=O) groups is 1. The number of nitrogens with zero attached hydrogens (tertiary/aromatic N) is 1. The van der Waals surface area contributed by atoms with Gasteiger partial charge in [-0.15, -0.1) is 0 Å². The predicted octanol–water partition coefficient (Wildman–Crippen LogP) is 0.814. The smallest absolute Gasteiger partial charge is 0.287 e. The van der Waals surface area contributed by atoms with Gasteiger partial charge < -0.3 is 15.4 Å². The predicted molar refractivity (Wildman–Crippen MR) is 75.6 cm³/mol. The summed E-state index contributed by atoms with van der Waals surface area (Å²) in [6.07, 6.45) is 0.862. The molecule has 0 aliphatic carbocycles. The standard InChI is InChI=1S/C14H17N3O3/c1-2-5-9(18)8-15-14(20)12-16-11-7-4-3-6-10(11)13(19)17-12/h3-4,6-7,9,18H,2,5,8H2,1H3,(H,15,20)(H,16,17,19). The highest BCUT2D eigenvalue weighted by Crippen LogP contribution is 2.05. The molecule has 2 rings (SSSR count). The van der Waals surface area contributed by atoms with Gasteiger partial charge in [0.1, 0.15) is 0 Å². The van der Waals surface area contributed by atoms with Gasteiger partial charge in [-0.05, 0) is 18.6 Å². The third-order valence-corrected chi connectivity index (χ3v) is 2.95. The van der Waals surface area contributed by atoms with E-state index in [1.165, 1.54) is 0 Å². The van der Waals surface area contributed by atoms with E-state index in [1.807, 2.05) is 6.92 Å². The molecular weight excluding hydrogens is 258 g/mol. The Morgan fingerprint density at radius 2 is 2.20 bits per heavy atom. The lowest BCUT2D eigenvalue weighted by atomic mass is 10.2. The van der Waals surface area contributed by atoms with Crippen LogP contribution in [0.3, 0.4) is 0 Å². The maximum absolute atomic E-state index is 11.9. The molecule has 6 nitrogen and oxygen atoms in total. The molecule has 2 aromatic rings. The first kappa shape index (κ1) is 14.2. The Labute approximate surface area is 115 Å². The van der Waals surface area contributed by atoms with Crippen LogP contribution in [0.25, 0.3) is 10.9 Å². The zero-order valence-electron chi connectivity index (χ0n) is 11.2. The number of aliphatic hydroxyl groups is 1. The molecule has 0 radical (unpaired) electrons. The van der Waals surface area contributed by atoms with Gasteiger partial charge in [-0.3, -0.25) is 9.59 Å². The summed E-state index contributed by atoms with van der Waals surface area (Å²) in [5, 5.41) is 12.6. The molecule has 106 valence electrons. The summed E-state index contributed by atoms with van der Waals surface area (Å²) < 4.78 is 0. The zero-order chi connectivity index (χ0) is 14.5. The number of hydrogen-bond donors (Lipinski definition) is 3. The molecule has 0 spiro atoms. The van der Waals surface area contributed by atoms with E-state index in [4.69, 9.17) is 0 Å². The molecule has 6 heteroatoms. The highest BCUT2D eigenvalue weighted by molar-refractivity contribution is 5.92. The van der Waals surface area contributed by atoms with Crippen molar-refractivity contribution < 1.29 is 9.90 Å². The minimum Gasteiger partial charge on any atom is -0.391 e. The molecule has 0 bridgehead atoms. The second kappa shape index (κ2) is 6.29. The summed E-state index contributed by atoms with van der Waals surface area (Å²) in [5.41, 5.74) is 0.116. The van der Waals surface area contributed by atoms with Crippen molar-refractivity contribution in [3.05, 3.63) is 40.4 Å². The largest absolute Gasteiger partial charge is 0.391 e. The van der Waals surface area contributed by atoms with E-state index in [2.05, 4.69) is 15.3 Å². The summed E-state index contributed by atoms with van der Waals surface area (Å²) in [6, 6.07) is 6.81. The van der Waals surface area contributed by atoms with Crippen LogP contribution < -0.4 is 10.9 Å². The fourth-order valence-corrected chi connectivity index (χ4v) is 1.92. The van der Waals surface area contributed by atoms with Crippen molar-refractivity contribution in [2.45, 2.75) is 25.9 Å². The molecule has 1 atom stereocenters. The van der Waals surface area contributed by atoms with Gasteiger partial charge in [0.25, 0.3) is 11.5 Å². The number of amides is 1. The first-order valence-electron chi connectivity index (χ1n) is 6.57. The third kappa shape index (κ3) is 3.21. The number of nitrogens with one attached hydrogen (secondary N) is 2. The summed E-state index contributed by atoms with van der Waals surface area (Å²) in [7, 11) is 0. The average Bonchev–Trinajstić information content (AvgIpc) is 2.45. The second-order valence-corrected chi connectivity index (χ2v) is 4.58. The van der Waals surface area contributed by atoms with Crippen LogP contribution in [0.1, 0.15) is 30.4 Å². The van der Waals surface area contributed by atoms with Gasteiger partial charge in [0.2, 0.25) is 0 Å². The van der Waals surface area contributed by atoms with Crippen LogP contribution >= 0.6 is 0 Å². The number of carbonyl (C=O) groups excluding carboxylic acids is 1. The number of fused-ring (bicyclic) bond motifs is 1. The SMILES string of the molecule is CCCC(O)CNC(=O)c1nc2ccccc2c(=O)[nH]1. The summed E-state index contributed by atoms with van der Waals surface area (Å²) in [6.45, 7) is 2.09. The minimum atomic E-state index is -0.587. The van der Waals surface area contributed by atoms with Gasteiger partial charge in [-0.2, -0.15) is 0 Å². The van der Waals surface area contributed by atoms with E-state index in [9.17, 15) is 14.7 Å². The Morgan fingerprint density at radius 1 is 1.45 bits per heavy atom. The van der Waals surface area contributed by atoms with Crippen LogP contribution in [0.2, 0.25) is 0 Å². The molecule has 0 aliphatic rings. The molecule has 0 saturated carbocycles. The average molecular weight is 275 g/mol. The van der Waals surface area contributed by atoms with Crippen molar-refractivity contribution in [2.75, 3.05) is 6.54 Å². The van der Waals surface area contributed by atoms with E-state index >= 15 is 0 Å². The van der Waals surface area contributed by atoms with Crippen LogP contribution in [0.15, 0.2) is 29.1 Å². The number of hydrogen-bond acceptors (Lipinski definition) is 4. The van der Waals surface area contributed by atoms with Crippen molar-refractivity contribution in [3.63, 3.8) is 0 Å². The van der Waals surface area contributed by atoms with Gasteiger partial charge in [-0.25, -0.2) is 4.98 Å². The number of benzene rings is 1. The second-order valence-electron chi connectivity index (χ2n) is 4.58. The normalized spacial score (nSPS) is 12.3. The Balaban J connectivity index is 2.16. The highest BCUT2D eigenvalue weighted by Gasteiger charge is 2.12. The first-order valence-corrected chi connectivity index (χ1v) is 6.57. The number of para-hydroxylation sites is 1. The van der Waals surface area contributed by atoms with Crippen molar-refractivity contribution in [1.29, 1.82) is 0 Å². The molecular formula is C14H17N3O3. The lowest BCUT2D eigenvalue weighted by Crippen LogP contribution is -2.34. The van der Waals surface area contributed by atoms with Gasteiger partial charge in [0.15, 0.2) is 5.82 Å². The molecule has 0 fully saturated rings. The fraction of sp³-hybridized carbons (Fsp3) is 0.357. The minimum absolute atomic E-state index is 0.0441. The van der Waals surface area contributed by atoms with E-state index in [0.29, 0.717) is 17.3 Å². The van der Waals surface area contributed by atoms with Crippen molar-refractivity contribution >= 4 is 16.8 Å². The van der Waals surface area contributed by atoms with Crippen LogP contribution in [-0.2, 0) is 0 Å². The van der Waals surface area contributed by atoms with Gasteiger partial charge in [0.05, 0.1) is 17.0 Å². The molecule has 20 heavy (non-hydrogen) atoms. The van der Waals surface area contributed by atoms with Crippen LogP contribution in [0.4, 0.5) is 0 Å². The number of aromatic amines is 1. The topological polar surface area (TPSA) is 95.1 Å². The molecule has 3 N–H and O–H groups in total. The van der Waals surface area contributed by atoms with Crippen molar-refractivity contribution in [1.82, 2.24) is 15.3 Å². The van der Waals surface area contributed by atoms with Crippen LogP contribution in [-0.4, -0.2) is 33.6 Å². The number of H-pyrrole nitrogens is 1. The van der Waals surface area contributed by atoms with E-state index < -0.39 is 12.0 Å². The molecule has 1 unspecified atom stereocenters. The number of aromatic nitrogens is 2. The maximum Gasteiger partial charge on any atom is 0.287 e. The van der Waals surface area contributed by atoms with E-state index in [0.717, 1.165) is 6.42 Å². The Morgan fingerprint density at radius 3 is 2.95 bits per heavy atom. The maximum atomic E-state index is 11.9. The summed E-state index contributed by atoms with van der Waals surface area (Å²) in [4.78, 5) is 30.3. The van der Waals surface area contributed by atoms with E-state index in [-0.39, 0.29) is 17.9 Å². The van der Waals surface area contributed by atoms with Crippen LogP contribution in [0.5, 0.6) is 0 Å². The van der Waals surface area contributed by atoms with E-state index in [1.54, 1.807) is 24.3 Å². The highest BCUT2D eigenvalue weighted by atomic mass is 16.3. The Hall–Kier alpha value is -2.21. The van der Waals surface area contributed by atoms with Crippen LogP contribution in [0, 0.1) is 0 Å². The lowest BCUT2D eigenvalue weighted by Gasteiger charge is -2.10.